The van der Waals surface area contributed by atoms with Crippen molar-refractivity contribution in [2.75, 3.05) is 0 Å². The Bertz CT molecular complexity index is 5530. The van der Waals surface area contributed by atoms with E-state index < -0.39 is 240 Å². The zero-order valence-electron chi connectivity index (χ0n) is 58.6. The summed E-state index contributed by atoms with van der Waals surface area (Å²) in [6.45, 7) is -10.8. The van der Waals surface area contributed by atoms with Gasteiger partial charge in [0.1, 0.15) is 19.6 Å². The molecule has 0 aliphatic carbocycles. The third-order valence-corrected chi connectivity index (χ3v) is 19.1. The predicted octanol–water partition coefficient (Wildman–Crippen LogP) is 11.3. The lowest BCUT2D eigenvalue weighted by molar-refractivity contribution is -0.234. The van der Waals surface area contributed by atoms with Gasteiger partial charge < -0.3 is 17.2 Å². The number of alkyl halides is 18. The number of phosphoric ester groups is 1. The van der Waals surface area contributed by atoms with Crippen molar-refractivity contribution in [3.63, 3.8) is 0 Å². The Morgan fingerprint density at radius 1 is 0.361 bits per heavy atom. The zero-order valence-corrected chi connectivity index (χ0v) is 61.7. The summed E-state index contributed by atoms with van der Waals surface area (Å²) in [5.41, 5.74) is 2.37. The highest BCUT2D eigenvalue weighted by Gasteiger charge is 2.56. The number of para-hydroxylation sites is 3. The van der Waals surface area contributed by atoms with E-state index in [0.29, 0.717) is 18.2 Å². The van der Waals surface area contributed by atoms with E-state index in [-0.39, 0.29) is 56.9 Å². The van der Waals surface area contributed by atoms with Crippen molar-refractivity contribution in [1.29, 1.82) is 0 Å². The molecule has 0 radical (unpaired) electrons. The van der Waals surface area contributed by atoms with Gasteiger partial charge in [-0.05, 0) is 109 Å². The molecule has 31 nitrogen and oxygen atoms in total. The molecular weight excluding hydrogens is 1730 g/mol. The van der Waals surface area contributed by atoms with Gasteiger partial charge in [0, 0.05) is 31.8 Å². The second-order valence-electron chi connectivity index (χ2n) is 24.9. The molecule has 12 rings (SSSR count). The Kier molecular flexibility index (Phi) is 23.5. The third kappa shape index (κ3) is 18.8. The summed E-state index contributed by atoms with van der Waals surface area (Å²) in [5.74, 6) is -13.5. The highest BCUT2D eigenvalue weighted by Crippen LogP contribution is 2.58. The van der Waals surface area contributed by atoms with Crippen molar-refractivity contribution in [2.24, 2.45) is 17.2 Å². The van der Waals surface area contributed by atoms with E-state index in [1.807, 2.05) is 0 Å². The van der Waals surface area contributed by atoms with Crippen molar-refractivity contribution < 1.29 is 112 Å². The first-order valence-corrected chi connectivity index (χ1v) is 35.6. The average molecular weight is 1770 g/mol. The van der Waals surface area contributed by atoms with Crippen molar-refractivity contribution in [3.05, 3.63) is 244 Å². The number of primary amides is 3. The third-order valence-electron chi connectivity index (χ3n) is 16.8. The lowest BCUT2D eigenvalue weighted by Gasteiger charge is -2.32. The van der Waals surface area contributed by atoms with E-state index in [9.17, 15) is 68.3 Å². The minimum Gasteiger partial charge on any atom is -0.363 e. The van der Waals surface area contributed by atoms with Gasteiger partial charge in [0.2, 0.25) is 17.5 Å². The molecule has 0 aliphatic rings. The van der Waals surface area contributed by atoms with Crippen LogP contribution in [-0.2, 0) is 75.9 Å². The smallest absolute Gasteiger partial charge is 0.363 e. The van der Waals surface area contributed by atoms with E-state index in [1.165, 1.54) is 0 Å². The van der Waals surface area contributed by atoms with Crippen LogP contribution in [0.25, 0.3) is 51.2 Å². The van der Waals surface area contributed by atoms with Crippen LogP contribution in [0.3, 0.4) is 0 Å². The van der Waals surface area contributed by atoms with Crippen molar-refractivity contribution in [2.45, 2.75) is 94.6 Å². The molecule has 0 fully saturated rings. The summed E-state index contributed by atoms with van der Waals surface area (Å²) in [7, 11) is -7.81. The Morgan fingerprint density at radius 2 is 0.588 bits per heavy atom. The van der Waals surface area contributed by atoms with Crippen LogP contribution >= 0.6 is 42.6 Å². The van der Waals surface area contributed by atoms with Crippen molar-refractivity contribution in [3.8, 4) is 51.2 Å². The molecule has 0 spiro atoms. The van der Waals surface area contributed by atoms with Crippen LogP contribution < -0.4 is 34.3 Å². The fraction of sp³-hybridized carbons (Fsp3) is 0.227. The molecule has 626 valence electrons. The van der Waals surface area contributed by atoms with E-state index in [4.69, 9.17) is 65.6 Å². The molecule has 53 heteroatoms. The molecular formula is C66H45Cl3F18N21O10P. The zero-order chi connectivity index (χ0) is 86.7. The van der Waals surface area contributed by atoms with Crippen molar-refractivity contribution in [1.82, 2.24) is 87.3 Å². The largest absolute Gasteiger partial charge is 0.476 e. The number of rotatable bonds is 27. The van der Waals surface area contributed by atoms with E-state index in [1.54, 1.807) is 0 Å². The molecule has 0 saturated heterocycles. The minimum absolute atomic E-state index is 0.0728. The number of amides is 3. The van der Waals surface area contributed by atoms with Crippen LogP contribution in [0.15, 0.2) is 160 Å². The number of aromatic nitrogens is 18. The second-order valence-corrected chi connectivity index (χ2v) is 27.8. The summed E-state index contributed by atoms with van der Waals surface area (Å²) in [4.78, 5) is 93.9. The van der Waals surface area contributed by atoms with Crippen LogP contribution in [0.5, 0.6) is 0 Å². The maximum absolute atomic E-state index is 16.3. The molecule has 0 bridgehead atoms. The van der Waals surface area contributed by atoms with Gasteiger partial charge in [-0.3, -0.25) is 41.7 Å². The van der Waals surface area contributed by atoms with Gasteiger partial charge in [0.05, 0.1) is 53.4 Å². The molecule has 119 heavy (non-hydrogen) atoms. The van der Waals surface area contributed by atoms with Gasteiger partial charge in [0.15, 0.2) is 53.3 Å². The highest BCUT2D eigenvalue weighted by molar-refractivity contribution is 7.48. The lowest BCUT2D eigenvalue weighted by Crippen LogP contribution is -2.43. The van der Waals surface area contributed by atoms with Crippen molar-refractivity contribution >= 4 is 60.3 Å². The molecule has 0 saturated carbocycles. The van der Waals surface area contributed by atoms with E-state index in [2.05, 4.69) is 45.5 Å². The minimum atomic E-state index is -7.81. The highest BCUT2D eigenvalue weighted by atomic mass is 35.5. The van der Waals surface area contributed by atoms with Gasteiger partial charge in [-0.2, -0.15) is 79.0 Å². The first-order valence-electron chi connectivity index (χ1n) is 33.0. The Labute approximate surface area is 663 Å². The monoisotopic (exact) mass is 1770 g/mol. The topological polar surface area (TPSA) is 386 Å². The van der Waals surface area contributed by atoms with Gasteiger partial charge >= 0.3 is 61.9 Å². The molecule has 0 unspecified atom stereocenters. The van der Waals surface area contributed by atoms with Crippen LogP contribution in [0.1, 0.15) is 66.0 Å². The molecule has 6 aromatic carbocycles. The number of hydrogen-bond acceptors (Lipinski definition) is 19. The Balaban J connectivity index is 1.00. The SMILES string of the molecule is NC(=O)c1nc(Cn2nc(-c3ccc(Cl)cc3)n(C[C@H](OP(=O)(O[C@@H](Cn3c(-c4ccc(Cl)cc4)nn(Cc4nc(C(N)=O)n(-c5ccccc5C(F)(F)F)n4)c3=O)C(F)(F)F)O[C@@H](Cn3c(-c4ccc(Cl)cc4)nn(Cc4nc(C(N)=O)n(-c5ccccc5C(F)(F)F)n4)c3=O)C(F)(F)F)C(F)(F)F)c2=O)nn1-c1ccccc1C(F)(F)F. The van der Waals surface area contributed by atoms with Crippen LogP contribution in [0, 0.1) is 0 Å². The molecule has 6 N–H and O–H groups in total. The summed E-state index contributed by atoms with van der Waals surface area (Å²) in [6, 6.07) is 21.9. The van der Waals surface area contributed by atoms with Gasteiger partial charge in [0.25, 0.3) is 17.7 Å². The van der Waals surface area contributed by atoms with Crippen LogP contribution in [0.2, 0.25) is 15.1 Å². The molecule has 6 heterocycles. The fourth-order valence-corrected chi connectivity index (χ4v) is 13.6. The molecule has 12 aromatic rings. The molecule has 6 aromatic heterocycles. The average Bonchev–Trinajstić information content (AvgIpc) is 1.60. The van der Waals surface area contributed by atoms with Gasteiger partial charge in [-0.25, -0.2) is 62.0 Å². The summed E-state index contributed by atoms with van der Waals surface area (Å²) < 4.78 is 307. The number of carbonyl (C=O) groups is 3. The number of nitrogens with zero attached hydrogens (tertiary/aromatic N) is 18. The second kappa shape index (κ2) is 32.5. The Hall–Kier alpha value is -12.3. The number of hydrogen-bond donors (Lipinski definition) is 3. The number of carbonyl (C=O) groups excluding carboxylic acids is 3. The normalized spacial score (nSPS) is 13.5. The molecule has 0 aliphatic heterocycles. The number of phosphoric acid groups is 1. The predicted molar refractivity (Wildman–Crippen MR) is 373 cm³/mol. The molecule has 3 amide bonds. The summed E-state index contributed by atoms with van der Waals surface area (Å²) >= 11 is 18.3. The van der Waals surface area contributed by atoms with Crippen LogP contribution in [-0.4, -0.2) is 142 Å². The molecule has 3 atom stereocenters. The maximum Gasteiger partial charge on any atom is 0.476 e. The Morgan fingerprint density at radius 3 is 0.798 bits per heavy atom. The maximum atomic E-state index is 16.3. The fourth-order valence-electron chi connectivity index (χ4n) is 11.5. The standard InChI is InChI=1S/C66H45Cl3F18N21O10P/c67-34-19-13-31(14-20-34)52-97-103(28-46-91-55(49(88)109)106(94-46)40-10-4-1-7-37(40)61(70,71)72)58(112)100(52)25-43(64(79,80)81)116-119(115,117-44(65(82,83)84)26-101-53(32-15-21-35(68)22-16-32)98-104(59(101)113)29-47-92-56(50(89)110)107(95-47)41-11-5-2-8-38(41)62(73,74)75)118-45(66(85,86)87)27-102-54(33-17-23-36(69)24-18-33)99-105(60(102)114)30-48-93-57(51(90)111)108(96-48)42-12-6-3-9-39(42)63(76,77)78/h1-24,43-45H,25-30H2,(H2,88,109)(H2,89,110)(H2,90,111)/t43-,44-,45-/m0/s1. The van der Waals surface area contributed by atoms with E-state index in [0.717, 1.165) is 127 Å². The van der Waals surface area contributed by atoms with Gasteiger partial charge in [-0.15, -0.1) is 30.6 Å². The van der Waals surface area contributed by atoms with Gasteiger partial charge in [-0.1, -0.05) is 71.2 Å². The van der Waals surface area contributed by atoms with E-state index >= 15 is 44.1 Å². The van der Waals surface area contributed by atoms with Crippen LogP contribution in [0.4, 0.5) is 79.0 Å². The summed E-state index contributed by atoms with van der Waals surface area (Å²) in [5, 5.41) is 23.1. The first-order chi connectivity index (χ1) is 55.5. The number of nitrogens with two attached hydrogens (primary N) is 3. The number of halogens is 21. The summed E-state index contributed by atoms with van der Waals surface area (Å²) in [6.07, 6.45) is -47.7. The lowest BCUT2D eigenvalue weighted by atomic mass is 10.1. The quantitative estimate of drug-likeness (QED) is 0.0318. The number of benzene rings is 6. The first kappa shape index (κ1) is 86.0.